The minimum Gasteiger partial charge on any atom is -0.469 e. The van der Waals surface area contributed by atoms with Crippen molar-refractivity contribution in [3.05, 3.63) is 35.4 Å². The molecule has 21 heavy (non-hydrogen) atoms. The lowest BCUT2D eigenvalue weighted by atomic mass is 10.1. The van der Waals surface area contributed by atoms with Crippen molar-refractivity contribution in [2.75, 3.05) is 20.2 Å². The van der Waals surface area contributed by atoms with Crippen molar-refractivity contribution in [1.82, 2.24) is 4.90 Å². The molecular formula is C15H21F2NO3. The molecule has 0 bridgehead atoms. The lowest BCUT2D eigenvalue weighted by molar-refractivity contribution is -0.141. The fourth-order valence-electron chi connectivity index (χ4n) is 1.99. The largest absolute Gasteiger partial charge is 0.469 e. The fourth-order valence-corrected chi connectivity index (χ4v) is 1.99. The van der Waals surface area contributed by atoms with E-state index in [0.717, 1.165) is 12.1 Å². The highest BCUT2D eigenvalue weighted by Gasteiger charge is 2.20. The monoisotopic (exact) mass is 301 g/mol. The molecule has 1 rings (SSSR count). The molecule has 4 nitrogen and oxygen atoms in total. The molecule has 0 saturated carbocycles. The zero-order valence-electron chi connectivity index (χ0n) is 12.5. The average Bonchev–Trinajstić information content (AvgIpc) is 2.42. The molecule has 1 N–H and O–H groups in total. The molecule has 0 saturated heterocycles. The van der Waals surface area contributed by atoms with Gasteiger partial charge in [0.1, 0.15) is 11.6 Å². The van der Waals surface area contributed by atoms with Gasteiger partial charge in [-0.05, 0) is 19.9 Å². The first kappa shape index (κ1) is 17.5. The zero-order chi connectivity index (χ0) is 16.0. The summed E-state index contributed by atoms with van der Waals surface area (Å²) in [6.45, 7) is 4.36. The van der Waals surface area contributed by atoms with Gasteiger partial charge < -0.3 is 9.84 Å². The summed E-state index contributed by atoms with van der Waals surface area (Å²) >= 11 is 0. The van der Waals surface area contributed by atoms with E-state index in [1.54, 1.807) is 0 Å². The Kier molecular flexibility index (Phi) is 6.71. The van der Waals surface area contributed by atoms with E-state index in [-0.39, 0.29) is 30.5 Å². The number of benzene rings is 1. The number of hydrogen-bond acceptors (Lipinski definition) is 4. The van der Waals surface area contributed by atoms with Crippen LogP contribution in [0, 0.1) is 11.6 Å². The van der Waals surface area contributed by atoms with Crippen molar-refractivity contribution < 1.29 is 23.4 Å². The molecule has 1 atom stereocenters. The van der Waals surface area contributed by atoms with Gasteiger partial charge in [0.2, 0.25) is 0 Å². The number of carbonyl (C=O) groups excluding carboxylic acids is 1. The number of aliphatic hydroxyl groups excluding tert-OH is 1. The smallest absolute Gasteiger partial charge is 0.306 e. The van der Waals surface area contributed by atoms with E-state index in [9.17, 15) is 18.7 Å². The van der Waals surface area contributed by atoms with Gasteiger partial charge >= 0.3 is 5.97 Å². The van der Waals surface area contributed by atoms with Crippen molar-refractivity contribution in [3.63, 3.8) is 0 Å². The van der Waals surface area contributed by atoms with Crippen molar-refractivity contribution in [2.45, 2.75) is 32.4 Å². The summed E-state index contributed by atoms with van der Waals surface area (Å²) in [5, 5.41) is 10.1. The molecule has 0 fully saturated rings. The topological polar surface area (TPSA) is 49.8 Å². The van der Waals surface area contributed by atoms with Gasteiger partial charge in [-0.3, -0.25) is 9.69 Å². The fraction of sp³-hybridized carbons (Fsp3) is 0.533. The van der Waals surface area contributed by atoms with Gasteiger partial charge in [0.25, 0.3) is 0 Å². The molecule has 0 aliphatic rings. The Bertz CT molecular complexity index is 480. The first-order chi connectivity index (χ1) is 9.85. The van der Waals surface area contributed by atoms with E-state index in [2.05, 4.69) is 4.74 Å². The third-order valence-corrected chi connectivity index (χ3v) is 3.29. The number of halogens is 2. The first-order valence-corrected chi connectivity index (χ1v) is 6.79. The van der Waals surface area contributed by atoms with Crippen LogP contribution in [0.5, 0.6) is 0 Å². The SMILES string of the molecule is COC(=O)CCN(CC(O)c1ccc(F)cc1F)C(C)C. The van der Waals surface area contributed by atoms with Crippen molar-refractivity contribution in [2.24, 2.45) is 0 Å². The van der Waals surface area contributed by atoms with Crippen LogP contribution in [-0.4, -0.2) is 42.2 Å². The summed E-state index contributed by atoms with van der Waals surface area (Å²) in [5.41, 5.74) is 0.0418. The third kappa shape index (κ3) is 5.40. The number of hydrogen-bond donors (Lipinski definition) is 1. The second-order valence-corrected chi connectivity index (χ2v) is 5.10. The van der Waals surface area contributed by atoms with E-state index >= 15 is 0 Å². The molecule has 0 spiro atoms. The second-order valence-electron chi connectivity index (χ2n) is 5.10. The predicted molar refractivity (Wildman–Crippen MR) is 74.7 cm³/mol. The Labute approximate surface area is 123 Å². The van der Waals surface area contributed by atoms with Crippen LogP contribution in [0.25, 0.3) is 0 Å². The molecule has 0 radical (unpaired) electrons. The molecule has 0 amide bonds. The van der Waals surface area contributed by atoms with E-state index in [4.69, 9.17) is 0 Å². The lowest BCUT2D eigenvalue weighted by Gasteiger charge is -2.28. The second kappa shape index (κ2) is 8.05. The van der Waals surface area contributed by atoms with Gasteiger partial charge in [-0.2, -0.15) is 0 Å². The molecule has 1 aromatic rings. The van der Waals surface area contributed by atoms with Gasteiger partial charge in [-0.25, -0.2) is 8.78 Å². The molecule has 0 aliphatic carbocycles. The van der Waals surface area contributed by atoms with Crippen molar-refractivity contribution in [1.29, 1.82) is 0 Å². The van der Waals surface area contributed by atoms with Crippen LogP contribution in [0.3, 0.4) is 0 Å². The Balaban J connectivity index is 2.71. The predicted octanol–water partition coefficient (Wildman–Crippen LogP) is 2.27. The summed E-state index contributed by atoms with van der Waals surface area (Å²) in [5.74, 6) is -1.81. The number of rotatable bonds is 7. The van der Waals surface area contributed by atoms with Crippen LogP contribution >= 0.6 is 0 Å². The van der Waals surface area contributed by atoms with E-state index in [0.29, 0.717) is 6.54 Å². The standard InChI is InChI=1S/C15H21F2NO3/c1-10(2)18(7-6-15(20)21-3)9-14(19)12-5-4-11(16)8-13(12)17/h4-5,8,10,14,19H,6-7,9H2,1-3H3. The van der Waals surface area contributed by atoms with Crippen LogP contribution < -0.4 is 0 Å². The van der Waals surface area contributed by atoms with Crippen LogP contribution in [0.4, 0.5) is 8.78 Å². The van der Waals surface area contributed by atoms with Gasteiger partial charge in [-0.1, -0.05) is 6.07 Å². The van der Waals surface area contributed by atoms with Gasteiger partial charge in [0.05, 0.1) is 19.6 Å². The quantitative estimate of drug-likeness (QED) is 0.785. The molecule has 6 heteroatoms. The number of methoxy groups -OCH3 is 1. The maximum Gasteiger partial charge on any atom is 0.306 e. The Morgan fingerprint density at radius 2 is 2.05 bits per heavy atom. The molecular weight excluding hydrogens is 280 g/mol. The molecule has 0 aromatic heterocycles. The van der Waals surface area contributed by atoms with Gasteiger partial charge in [0.15, 0.2) is 0 Å². The molecule has 0 aliphatic heterocycles. The number of carbonyl (C=O) groups is 1. The maximum atomic E-state index is 13.6. The molecule has 0 heterocycles. The molecule has 1 unspecified atom stereocenters. The van der Waals surface area contributed by atoms with Crippen molar-refractivity contribution >= 4 is 5.97 Å². The minimum absolute atomic E-state index is 0.0418. The lowest BCUT2D eigenvalue weighted by Crippen LogP contribution is -2.36. The zero-order valence-corrected chi connectivity index (χ0v) is 12.5. The van der Waals surface area contributed by atoms with E-state index < -0.39 is 17.7 Å². The minimum atomic E-state index is -1.09. The van der Waals surface area contributed by atoms with E-state index in [1.807, 2.05) is 18.7 Å². The highest BCUT2D eigenvalue weighted by molar-refractivity contribution is 5.69. The highest BCUT2D eigenvalue weighted by atomic mass is 19.1. The average molecular weight is 301 g/mol. The van der Waals surface area contributed by atoms with Crippen LogP contribution in [0.1, 0.15) is 31.9 Å². The summed E-state index contributed by atoms with van der Waals surface area (Å²) < 4.78 is 31.1. The van der Waals surface area contributed by atoms with Crippen LogP contribution in [0.2, 0.25) is 0 Å². The number of aliphatic hydroxyl groups is 1. The summed E-state index contributed by atoms with van der Waals surface area (Å²) in [6.07, 6.45) is -0.904. The number of esters is 1. The normalized spacial score (nSPS) is 12.8. The van der Waals surface area contributed by atoms with Gasteiger partial charge in [0, 0.05) is 30.8 Å². The Morgan fingerprint density at radius 3 is 2.57 bits per heavy atom. The maximum absolute atomic E-state index is 13.6. The van der Waals surface area contributed by atoms with E-state index in [1.165, 1.54) is 13.2 Å². The third-order valence-electron chi connectivity index (χ3n) is 3.29. The highest BCUT2D eigenvalue weighted by Crippen LogP contribution is 2.20. The van der Waals surface area contributed by atoms with Gasteiger partial charge in [-0.15, -0.1) is 0 Å². The molecule has 118 valence electrons. The summed E-state index contributed by atoms with van der Waals surface area (Å²) in [6, 6.07) is 3.14. The first-order valence-electron chi connectivity index (χ1n) is 6.79. The Hall–Kier alpha value is -1.53. The van der Waals surface area contributed by atoms with Crippen LogP contribution in [-0.2, 0) is 9.53 Å². The van der Waals surface area contributed by atoms with Crippen LogP contribution in [0.15, 0.2) is 18.2 Å². The Morgan fingerprint density at radius 1 is 1.38 bits per heavy atom. The number of ether oxygens (including phenoxy) is 1. The number of nitrogens with zero attached hydrogens (tertiary/aromatic N) is 1. The van der Waals surface area contributed by atoms with Crippen molar-refractivity contribution in [3.8, 4) is 0 Å². The molecule has 1 aromatic carbocycles. The summed E-state index contributed by atoms with van der Waals surface area (Å²) in [4.78, 5) is 13.0. The summed E-state index contributed by atoms with van der Waals surface area (Å²) in [7, 11) is 1.31.